The summed E-state index contributed by atoms with van der Waals surface area (Å²) in [4.78, 5) is 20.4. The highest BCUT2D eigenvalue weighted by Gasteiger charge is 2.17. The Balaban J connectivity index is 1.74. The van der Waals surface area contributed by atoms with Crippen molar-refractivity contribution in [1.29, 1.82) is 0 Å². The molecule has 1 saturated heterocycles. The molecule has 29 heavy (non-hydrogen) atoms. The Hall–Kier alpha value is -2.08. The number of guanidine groups is 1. The van der Waals surface area contributed by atoms with Gasteiger partial charge in [0.05, 0.1) is 6.54 Å². The number of hydrogen-bond donors (Lipinski definition) is 2. The Labute approximate surface area is 176 Å². The van der Waals surface area contributed by atoms with Gasteiger partial charge in [0.25, 0.3) is 0 Å². The summed E-state index contributed by atoms with van der Waals surface area (Å²) < 4.78 is 0. The standard InChI is InChI=1S/C23H39N5O/c1-6-24-22(26-13-14-27-15-17-28(18-16-27)19(2)29)25-12-11-20-7-9-21(10-8-20)23(3,4)5/h7-10H,6,11-18H2,1-5H3,(H2,24,25,26). The average Bonchev–Trinajstić information content (AvgIpc) is 2.68. The summed E-state index contributed by atoms with van der Waals surface area (Å²) >= 11 is 0. The van der Waals surface area contributed by atoms with Gasteiger partial charge < -0.3 is 15.5 Å². The van der Waals surface area contributed by atoms with Gasteiger partial charge >= 0.3 is 0 Å². The van der Waals surface area contributed by atoms with Crippen LogP contribution in [0.25, 0.3) is 0 Å². The zero-order valence-corrected chi connectivity index (χ0v) is 18.9. The largest absolute Gasteiger partial charge is 0.357 e. The van der Waals surface area contributed by atoms with Crippen LogP contribution in [0.15, 0.2) is 29.3 Å². The van der Waals surface area contributed by atoms with Crippen molar-refractivity contribution in [1.82, 2.24) is 20.4 Å². The Morgan fingerprint density at radius 1 is 1.07 bits per heavy atom. The lowest BCUT2D eigenvalue weighted by Gasteiger charge is -2.33. The number of aliphatic imine (C=N–C) groups is 1. The Morgan fingerprint density at radius 2 is 1.72 bits per heavy atom. The van der Waals surface area contributed by atoms with Crippen LogP contribution in [0, 0.1) is 0 Å². The van der Waals surface area contributed by atoms with Gasteiger partial charge in [-0.1, -0.05) is 45.0 Å². The second-order valence-electron chi connectivity index (χ2n) is 8.73. The summed E-state index contributed by atoms with van der Waals surface area (Å²) in [7, 11) is 0. The Bertz CT molecular complexity index is 655. The Kier molecular flexibility index (Phi) is 8.96. The number of nitrogens with one attached hydrogen (secondary N) is 2. The van der Waals surface area contributed by atoms with E-state index in [1.54, 1.807) is 6.92 Å². The molecular weight excluding hydrogens is 362 g/mol. The van der Waals surface area contributed by atoms with E-state index in [2.05, 4.69) is 67.5 Å². The van der Waals surface area contributed by atoms with Gasteiger partial charge in [0.2, 0.25) is 5.91 Å². The van der Waals surface area contributed by atoms with Gasteiger partial charge in [0.15, 0.2) is 5.96 Å². The van der Waals surface area contributed by atoms with E-state index in [9.17, 15) is 4.79 Å². The average molecular weight is 402 g/mol. The van der Waals surface area contributed by atoms with E-state index in [4.69, 9.17) is 4.99 Å². The van der Waals surface area contributed by atoms with Crippen molar-refractivity contribution < 1.29 is 4.79 Å². The lowest BCUT2D eigenvalue weighted by molar-refractivity contribution is -0.130. The molecule has 0 aliphatic carbocycles. The Morgan fingerprint density at radius 3 is 2.28 bits per heavy atom. The molecule has 0 spiro atoms. The number of carbonyl (C=O) groups is 1. The number of benzene rings is 1. The molecule has 0 unspecified atom stereocenters. The highest BCUT2D eigenvalue weighted by atomic mass is 16.2. The normalized spacial score (nSPS) is 16.0. The van der Waals surface area contributed by atoms with Crippen LogP contribution in [0.3, 0.4) is 0 Å². The molecule has 1 aliphatic rings. The first-order valence-corrected chi connectivity index (χ1v) is 10.9. The molecule has 6 nitrogen and oxygen atoms in total. The molecule has 1 fully saturated rings. The van der Waals surface area contributed by atoms with E-state index < -0.39 is 0 Å². The molecule has 0 radical (unpaired) electrons. The quantitative estimate of drug-likeness (QED) is 0.543. The molecule has 2 rings (SSSR count). The number of amides is 1. The molecule has 0 saturated carbocycles. The third-order valence-electron chi connectivity index (χ3n) is 5.37. The lowest BCUT2D eigenvalue weighted by atomic mass is 9.86. The second kappa shape index (κ2) is 11.2. The van der Waals surface area contributed by atoms with Gasteiger partial charge in [-0.15, -0.1) is 0 Å². The van der Waals surface area contributed by atoms with Crippen LogP contribution in [0.5, 0.6) is 0 Å². The van der Waals surface area contributed by atoms with Crippen molar-refractivity contribution in [2.75, 3.05) is 52.4 Å². The van der Waals surface area contributed by atoms with Gasteiger partial charge in [-0.25, -0.2) is 0 Å². The third-order valence-corrected chi connectivity index (χ3v) is 5.37. The first-order chi connectivity index (χ1) is 13.8. The minimum Gasteiger partial charge on any atom is -0.357 e. The molecule has 1 aromatic carbocycles. The third kappa shape index (κ3) is 8.05. The maximum absolute atomic E-state index is 11.4. The molecular formula is C23H39N5O. The SMILES string of the molecule is CCNC(=NCCN1CCN(C(C)=O)CC1)NCCc1ccc(C(C)(C)C)cc1. The maximum Gasteiger partial charge on any atom is 0.219 e. The summed E-state index contributed by atoms with van der Waals surface area (Å²) in [6.07, 6.45) is 0.974. The molecule has 1 aromatic rings. The van der Waals surface area contributed by atoms with E-state index in [0.717, 1.165) is 64.7 Å². The highest BCUT2D eigenvalue weighted by Crippen LogP contribution is 2.22. The van der Waals surface area contributed by atoms with Crippen molar-refractivity contribution in [3.8, 4) is 0 Å². The molecule has 0 bridgehead atoms. The monoisotopic (exact) mass is 401 g/mol. The van der Waals surface area contributed by atoms with Crippen molar-refractivity contribution >= 4 is 11.9 Å². The summed E-state index contributed by atoms with van der Waals surface area (Å²) in [5.41, 5.74) is 2.90. The van der Waals surface area contributed by atoms with E-state index in [0.29, 0.717) is 0 Å². The molecule has 6 heteroatoms. The topological polar surface area (TPSA) is 60.0 Å². The van der Waals surface area contributed by atoms with Crippen LogP contribution < -0.4 is 10.6 Å². The minimum atomic E-state index is 0.175. The van der Waals surface area contributed by atoms with Crippen LogP contribution in [0.1, 0.15) is 45.7 Å². The molecule has 0 aromatic heterocycles. The van der Waals surface area contributed by atoms with Crippen molar-refractivity contribution in [3.63, 3.8) is 0 Å². The van der Waals surface area contributed by atoms with Crippen molar-refractivity contribution in [2.45, 2.75) is 46.5 Å². The molecule has 0 atom stereocenters. The summed E-state index contributed by atoms with van der Waals surface area (Å²) in [6.45, 7) is 17.4. The minimum absolute atomic E-state index is 0.175. The number of carbonyl (C=O) groups excluding carboxylic acids is 1. The van der Waals surface area contributed by atoms with Gasteiger partial charge in [-0.05, 0) is 29.9 Å². The number of nitrogens with zero attached hydrogens (tertiary/aromatic N) is 3. The van der Waals surface area contributed by atoms with Crippen LogP contribution in [0.4, 0.5) is 0 Å². The maximum atomic E-state index is 11.4. The van der Waals surface area contributed by atoms with Crippen LogP contribution in [-0.2, 0) is 16.6 Å². The van der Waals surface area contributed by atoms with Crippen LogP contribution in [-0.4, -0.2) is 74.0 Å². The molecule has 1 amide bonds. The second-order valence-corrected chi connectivity index (χ2v) is 8.73. The first kappa shape index (κ1) is 23.2. The van der Waals surface area contributed by atoms with E-state index in [1.807, 2.05) is 4.90 Å². The van der Waals surface area contributed by atoms with Crippen molar-refractivity contribution in [2.24, 2.45) is 4.99 Å². The predicted octanol–water partition coefficient (Wildman–Crippen LogP) is 2.25. The van der Waals surface area contributed by atoms with Gasteiger partial charge in [0.1, 0.15) is 0 Å². The lowest BCUT2D eigenvalue weighted by Crippen LogP contribution is -2.48. The smallest absolute Gasteiger partial charge is 0.219 e. The van der Waals surface area contributed by atoms with Crippen LogP contribution >= 0.6 is 0 Å². The molecule has 1 heterocycles. The molecule has 162 valence electrons. The fourth-order valence-electron chi connectivity index (χ4n) is 3.43. The van der Waals surface area contributed by atoms with Crippen LogP contribution in [0.2, 0.25) is 0 Å². The first-order valence-electron chi connectivity index (χ1n) is 10.9. The number of rotatable bonds is 7. The summed E-state index contributed by atoms with van der Waals surface area (Å²) in [6, 6.07) is 8.93. The van der Waals surface area contributed by atoms with Gasteiger partial charge in [-0.3, -0.25) is 14.7 Å². The fourth-order valence-corrected chi connectivity index (χ4v) is 3.43. The van der Waals surface area contributed by atoms with E-state index >= 15 is 0 Å². The van der Waals surface area contributed by atoms with Crippen molar-refractivity contribution in [3.05, 3.63) is 35.4 Å². The summed E-state index contributed by atoms with van der Waals surface area (Å²) in [5, 5.41) is 6.77. The molecule has 1 aliphatic heterocycles. The van der Waals surface area contributed by atoms with Gasteiger partial charge in [0, 0.05) is 52.7 Å². The summed E-state index contributed by atoms with van der Waals surface area (Å²) in [5.74, 6) is 1.05. The predicted molar refractivity (Wildman–Crippen MR) is 122 cm³/mol. The van der Waals surface area contributed by atoms with E-state index in [1.165, 1.54) is 11.1 Å². The number of hydrogen-bond acceptors (Lipinski definition) is 3. The van der Waals surface area contributed by atoms with E-state index in [-0.39, 0.29) is 11.3 Å². The molecule has 2 N–H and O–H groups in total. The van der Waals surface area contributed by atoms with Gasteiger partial charge in [-0.2, -0.15) is 0 Å². The zero-order valence-electron chi connectivity index (χ0n) is 18.9. The fraction of sp³-hybridized carbons (Fsp3) is 0.652. The number of piperazine rings is 1. The zero-order chi connectivity index (χ0) is 21.3. The highest BCUT2D eigenvalue weighted by molar-refractivity contribution is 5.79.